The predicted octanol–water partition coefficient (Wildman–Crippen LogP) is 7.11. The van der Waals surface area contributed by atoms with Crippen LogP contribution in [0.5, 0.6) is 5.75 Å². The van der Waals surface area contributed by atoms with Crippen LogP contribution in [0.15, 0.2) is 59.0 Å². The molecule has 0 bridgehead atoms. The molecule has 0 unspecified atom stereocenters. The number of nitrogens with one attached hydrogen (secondary N) is 2. The summed E-state index contributed by atoms with van der Waals surface area (Å²) in [5, 5.41) is 6.22. The van der Waals surface area contributed by atoms with Crippen LogP contribution in [0.3, 0.4) is 0 Å². The van der Waals surface area contributed by atoms with Gasteiger partial charge >= 0.3 is 0 Å². The summed E-state index contributed by atoms with van der Waals surface area (Å²) < 4.78 is 11.4. The van der Waals surface area contributed by atoms with Gasteiger partial charge in [0.05, 0.1) is 23.4 Å². The standard InChI is InChI=1S/C27H26ClN3O3S/c1-5-15(2)17-10-12-23-22(13-17)29-26(34-23)18-9-11-20(28)21(14-18)30-27(35)31-25(32)19-8-6-7-16(3)24(19)33-4/h6-15H,5H2,1-4H3,(H2,30,31,32,35)/t15-/m0/s1. The number of rotatable bonds is 6. The number of hydrogen-bond acceptors (Lipinski definition) is 5. The molecule has 8 heteroatoms. The molecule has 0 aliphatic carbocycles. The molecule has 0 aliphatic heterocycles. The second-order valence-electron chi connectivity index (χ2n) is 8.31. The summed E-state index contributed by atoms with van der Waals surface area (Å²) in [7, 11) is 1.53. The van der Waals surface area contributed by atoms with Crippen molar-refractivity contribution < 1.29 is 13.9 Å². The van der Waals surface area contributed by atoms with E-state index in [1.807, 2.05) is 25.1 Å². The average molecular weight is 508 g/mol. The fourth-order valence-corrected chi connectivity index (χ4v) is 4.16. The number of hydrogen-bond donors (Lipinski definition) is 2. The van der Waals surface area contributed by atoms with Crippen molar-refractivity contribution in [3.8, 4) is 17.2 Å². The van der Waals surface area contributed by atoms with E-state index >= 15 is 0 Å². The summed E-state index contributed by atoms with van der Waals surface area (Å²) >= 11 is 11.8. The van der Waals surface area contributed by atoms with Crippen LogP contribution in [0.4, 0.5) is 5.69 Å². The molecule has 2 N–H and O–H groups in total. The zero-order valence-corrected chi connectivity index (χ0v) is 21.5. The molecule has 1 atom stereocenters. The van der Waals surface area contributed by atoms with E-state index in [-0.39, 0.29) is 11.0 Å². The van der Waals surface area contributed by atoms with Crippen molar-refractivity contribution >= 4 is 51.6 Å². The van der Waals surface area contributed by atoms with Gasteiger partial charge in [0.1, 0.15) is 11.3 Å². The highest BCUT2D eigenvalue weighted by Gasteiger charge is 2.17. The molecule has 1 amide bonds. The Labute approximate surface area is 214 Å². The zero-order valence-electron chi connectivity index (χ0n) is 19.9. The van der Waals surface area contributed by atoms with E-state index < -0.39 is 0 Å². The number of nitrogens with zero attached hydrogens (tertiary/aromatic N) is 1. The van der Waals surface area contributed by atoms with Crippen LogP contribution in [-0.2, 0) is 0 Å². The van der Waals surface area contributed by atoms with Gasteiger partial charge in [-0.05, 0) is 79.0 Å². The topological polar surface area (TPSA) is 76.4 Å². The molecule has 35 heavy (non-hydrogen) atoms. The Kier molecular flexibility index (Phi) is 7.38. The maximum Gasteiger partial charge on any atom is 0.261 e. The van der Waals surface area contributed by atoms with Crippen LogP contribution in [-0.4, -0.2) is 23.1 Å². The molecule has 4 aromatic rings. The van der Waals surface area contributed by atoms with E-state index in [1.165, 1.54) is 12.7 Å². The van der Waals surface area contributed by atoms with E-state index in [2.05, 4.69) is 41.6 Å². The minimum atomic E-state index is -0.383. The van der Waals surface area contributed by atoms with Crippen molar-refractivity contribution in [2.75, 3.05) is 12.4 Å². The lowest BCUT2D eigenvalue weighted by Gasteiger charge is -2.14. The highest BCUT2D eigenvalue weighted by molar-refractivity contribution is 7.80. The van der Waals surface area contributed by atoms with Crippen molar-refractivity contribution in [2.24, 2.45) is 0 Å². The van der Waals surface area contributed by atoms with Gasteiger partial charge in [0.2, 0.25) is 5.89 Å². The second-order valence-corrected chi connectivity index (χ2v) is 9.13. The first-order chi connectivity index (χ1) is 16.8. The fourth-order valence-electron chi connectivity index (χ4n) is 3.79. The molecule has 1 heterocycles. The molecule has 0 aliphatic rings. The Bertz CT molecular complexity index is 1420. The van der Waals surface area contributed by atoms with Gasteiger partial charge in [-0.3, -0.25) is 10.1 Å². The lowest BCUT2D eigenvalue weighted by atomic mass is 9.98. The van der Waals surface area contributed by atoms with Gasteiger partial charge in [0.25, 0.3) is 5.91 Å². The van der Waals surface area contributed by atoms with E-state index in [4.69, 9.17) is 33.0 Å². The number of aromatic nitrogens is 1. The number of para-hydroxylation sites is 1. The number of carbonyl (C=O) groups is 1. The Morgan fingerprint density at radius 2 is 2.00 bits per heavy atom. The first-order valence-corrected chi connectivity index (χ1v) is 12.1. The molecule has 180 valence electrons. The number of oxazole rings is 1. The number of aryl methyl sites for hydroxylation is 1. The normalized spacial score (nSPS) is 11.8. The molecule has 6 nitrogen and oxygen atoms in total. The molecule has 1 aromatic heterocycles. The molecule has 0 spiro atoms. The largest absolute Gasteiger partial charge is 0.496 e. The maximum atomic E-state index is 12.8. The van der Waals surface area contributed by atoms with Crippen molar-refractivity contribution in [3.05, 3.63) is 76.3 Å². The first kappa shape index (κ1) is 24.7. The van der Waals surface area contributed by atoms with Gasteiger partial charge in [-0.2, -0.15) is 0 Å². The molecule has 0 fully saturated rings. The Morgan fingerprint density at radius 3 is 2.74 bits per heavy atom. The molecule has 3 aromatic carbocycles. The third-order valence-electron chi connectivity index (χ3n) is 5.94. The van der Waals surface area contributed by atoms with Crippen molar-refractivity contribution in [3.63, 3.8) is 0 Å². The zero-order chi connectivity index (χ0) is 25.1. The number of methoxy groups -OCH3 is 1. The van der Waals surface area contributed by atoms with Crippen LogP contribution in [0, 0.1) is 6.92 Å². The van der Waals surface area contributed by atoms with E-state index in [0.29, 0.717) is 39.4 Å². The smallest absolute Gasteiger partial charge is 0.261 e. The van der Waals surface area contributed by atoms with Crippen LogP contribution >= 0.6 is 23.8 Å². The molecular formula is C27H26ClN3O3S. The van der Waals surface area contributed by atoms with E-state index in [9.17, 15) is 4.79 Å². The fraction of sp³-hybridized carbons (Fsp3) is 0.222. The van der Waals surface area contributed by atoms with Crippen LogP contribution in [0.25, 0.3) is 22.6 Å². The number of carbonyl (C=O) groups excluding carboxylic acids is 1. The lowest BCUT2D eigenvalue weighted by molar-refractivity contribution is 0.0974. The van der Waals surface area contributed by atoms with Gasteiger partial charge in [-0.15, -0.1) is 0 Å². The SMILES string of the molecule is CC[C@H](C)c1ccc2oc(-c3ccc(Cl)c(NC(=S)NC(=O)c4cccc(C)c4OC)c3)nc2c1. The second kappa shape index (κ2) is 10.5. The third kappa shape index (κ3) is 5.31. The number of halogens is 1. The first-order valence-electron chi connectivity index (χ1n) is 11.3. The van der Waals surface area contributed by atoms with Gasteiger partial charge in [-0.1, -0.05) is 43.6 Å². The summed E-state index contributed by atoms with van der Waals surface area (Å²) in [4.78, 5) is 17.4. The molecule has 4 rings (SSSR count). The number of anilines is 1. The third-order valence-corrected chi connectivity index (χ3v) is 6.48. The Morgan fingerprint density at radius 1 is 1.20 bits per heavy atom. The summed E-state index contributed by atoms with van der Waals surface area (Å²) in [6, 6.07) is 16.8. The highest BCUT2D eigenvalue weighted by Crippen LogP contribution is 2.32. The van der Waals surface area contributed by atoms with Crippen LogP contribution in [0.2, 0.25) is 5.02 Å². The summed E-state index contributed by atoms with van der Waals surface area (Å²) in [5.41, 5.74) is 5.23. The van der Waals surface area contributed by atoms with Crippen molar-refractivity contribution in [2.45, 2.75) is 33.1 Å². The predicted molar refractivity (Wildman–Crippen MR) is 145 cm³/mol. The maximum absolute atomic E-state index is 12.8. The molecule has 0 saturated carbocycles. The van der Waals surface area contributed by atoms with Crippen molar-refractivity contribution in [1.29, 1.82) is 0 Å². The number of benzene rings is 3. The van der Waals surface area contributed by atoms with Crippen LogP contribution < -0.4 is 15.4 Å². The highest BCUT2D eigenvalue weighted by atomic mass is 35.5. The Balaban J connectivity index is 1.54. The van der Waals surface area contributed by atoms with Gasteiger partial charge in [-0.25, -0.2) is 4.98 Å². The molecular weight excluding hydrogens is 482 g/mol. The quantitative estimate of drug-likeness (QED) is 0.271. The Hall–Kier alpha value is -3.42. The summed E-state index contributed by atoms with van der Waals surface area (Å²) in [6.45, 7) is 6.22. The minimum Gasteiger partial charge on any atom is -0.496 e. The lowest BCUT2D eigenvalue weighted by Crippen LogP contribution is -2.34. The van der Waals surface area contributed by atoms with E-state index in [1.54, 1.807) is 24.3 Å². The number of fused-ring (bicyclic) bond motifs is 1. The monoisotopic (exact) mass is 507 g/mol. The molecule has 0 radical (unpaired) electrons. The van der Waals surface area contributed by atoms with E-state index in [0.717, 1.165) is 23.1 Å². The van der Waals surface area contributed by atoms with Crippen molar-refractivity contribution in [1.82, 2.24) is 10.3 Å². The average Bonchev–Trinajstić information content (AvgIpc) is 3.28. The minimum absolute atomic E-state index is 0.105. The van der Waals surface area contributed by atoms with Gasteiger partial charge in [0, 0.05) is 5.56 Å². The van der Waals surface area contributed by atoms with Gasteiger partial charge < -0.3 is 14.5 Å². The summed E-state index contributed by atoms with van der Waals surface area (Å²) in [5.74, 6) is 1.04. The van der Waals surface area contributed by atoms with Gasteiger partial charge in [0.15, 0.2) is 10.7 Å². The number of thiocarbonyl (C=S) groups is 1. The number of amides is 1. The summed E-state index contributed by atoms with van der Waals surface area (Å²) in [6.07, 6.45) is 1.05. The molecule has 0 saturated heterocycles. The van der Waals surface area contributed by atoms with Crippen LogP contribution in [0.1, 0.15) is 47.7 Å². The number of ether oxygens (including phenoxy) is 1.